The van der Waals surface area contributed by atoms with Gasteiger partial charge < -0.3 is 10.6 Å². The number of carbonyl (C=O) groups excluding carboxylic acids is 1. The highest BCUT2D eigenvalue weighted by Gasteiger charge is 2.37. The van der Waals surface area contributed by atoms with Gasteiger partial charge in [0.05, 0.1) is 6.04 Å². The molecule has 1 saturated heterocycles. The maximum atomic E-state index is 13.9. The Labute approximate surface area is 154 Å². The van der Waals surface area contributed by atoms with E-state index in [4.69, 9.17) is 17.3 Å². The molecule has 1 aromatic rings. The van der Waals surface area contributed by atoms with Gasteiger partial charge in [0, 0.05) is 30.7 Å². The number of likely N-dealkylation sites (N-methyl/N-ethyl adjacent to an activating group) is 1. The first kappa shape index (κ1) is 21.2. The zero-order valence-corrected chi connectivity index (χ0v) is 16.0. The van der Waals surface area contributed by atoms with Crippen LogP contribution in [0.3, 0.4) is 0 Å². The summed E-state index contributed by atoms with van der Waals surface area (Å²) in [5, 5.41) is 0.342. The minimum absolute atomic E-state index is 0. The SMILES string of the molecule is CC(C(=O)N(C)Cc1c(F)cccc1Cl)N1CCC(C)(CN)C1.Cl. The maximum absolute atomic E-state index is 13.9. The third-order valence-electron chi connectivity index (χ3n) is 4.82. The van der Waals surface area contributed by atoms with E-state index in [1.54, 1.807) is 19.2 Å². The Morgan fingerprint density at radius 3 is 2.75 bits per heavy atom. The van der Waals surface area contributed by atoms with Crippen LogP contribution >= 0.6 is 24.0 Å². The van der Waals surface area contributed by atoms with Crippen LogP contribution in [0.15, 0.2) is 18.2 Å². The Kier molecular flexibility index (Phi) is 7.47. The molecule has 0 bridgehead atoms. The largest absolute Gasteiger partial charge is 0.340 e. The Morgan fingerprint density at radius 2 is 2.21 bits per heavy atom. The van der Waals surface area contributed by atoms with E-state index < -0.39 is 0 Å². The molecule has 24 heavy (non-hydrogen) atoms. The van der Waals surface area contributed by atoms with Gasteiger partial charge in [-0.25, -0.2) is 4.39 Å². The monoisotopic (exact) mass is 377 g/mol. The van der Waals surface area contributed by atoms with Crippen molar-refractivity contribution in [1.29, 1.82) is 0 Å². The molecule has 7 heteroatoms. The van der Waals surface area contributed by atoms with Gasteiger partial charge in [-0.2, -0.15) is 0 Å². The molecule has 1 fully saturated rings. The fourth-order valence-corrected chi connectivity index (χ4v) is 3.26. The van der Waals surface area contributed by atoms with Gasteiger partial charge in [0.2, 0.25) is 5.91 Å². The smallest absolute Gasteiger partial charge is 0.239 e. The van der Waals surface area contributed by atoms with Crippen LogP contribution in [0.25, 0.3) is 0 Å². The minimum Gasteiger partial charge on any atom is -0.340 e. The highest BCUT2D eigenvalue weighted by atomic mass is 35.5. The highest BCUT2D eigenvalue weighted by Crippen LogP contribution is 2.30. The molecule has 1 aliphatic rings. The number of rotatable bonds is 5. The number of hydrogen-bond acceptors (Lipinski definition) is 3. The van der Waals surface area contributed by atoms with Crippen molar-refractivity contribution >= 4 is 29.9 Å². The van der Waals surface area contributed by atoms with Crippen LogP contribution in [0.4, 0.5) is 4.39 Å². The average Bonchev–Trinajstić information content (AvgIpc) is 2.92. The highest BCUT2D eigenvalue weighted by molar-refractivity contribution is 6.31. The van der Waals surface area contributed by atoms with Crippen molar-refractivity contribution in [2.45, 2.75) is 32.9 Å². The van der Waals surface area contributed by atoms with Crippen LogP contribution in [0.2, 0.25) is 5.02 Å². The van der Waals surface area contributed by atoms with Crippen molar-refractivity contribution in [2.75, 3.05) is 26.7 Å². The molecule has 2 rings (SSSR count). The third kappa shape index (κ3) is 4.60. The quantitative estimate of drug-likeness (QED) is 0.857. The summed E-state index contributed by atoms with van der Waals surface area (Å²) in [6.45, 7) is 6.48. The first-order valence-electron chi connectivity index (χ1n) is 7.89. The number of halogens is 3. The van der Waals surface area contributed by atoms with Crippen LogP contribution < -0.4 is 5.73 Å². The molecular formula is C17H26Cl2FN3O. The molecule has 0 aromatic heterocycles. The Balaban J connectivity index is 0.00000288. The fourth-order valence-electron chi connectivity index (χ4n) is 3.03. The van der Waals surface area contributed by atoms with Crippen molar-refractivity contribution in [3.63, 3.8) is 0 Å². The van der Waals surface area contributed by atoms with Gasteiger partial charge in [-0.05, 0) is 44.0 Å². The van der Waals surface area contributed by atoms with Gasteiger partial charge in [0.15, 0.2) is 0 Å². The summed E-state index contributed by atoms with van der Waals surface area (Å²) < 4.78 is 13.9. The Bertz CT molecular complexity index is 567. The zero-order valence-electron chi connectivity index (χ0n) is 14.4. The van der Waals surface area contributed by atoms with Gasteiger partial charge >= 0.3 is 0 Å². The average molecular weight is 378 g/mol. The number of nitrogens with zero attached hydrogens (tertiary/aromatic N) is 2. The Morgan fingerprint density at radius 1 is 1.54 bits per heavy atom. The number of amides is 1. The summed E-state index contributed by atoms with van der Waals surface area (Å²) in [5.74, 6) is -0.424. The van der Waals surface area contributed by atoms with E-state index in [0.29, 0.717) is 17.1 Å². The van der Waals surface area contributed by atoms with Crippen LogP contribution in [-0.2, 0) is 11.3 Å². The van der Waals surface area contributed by atoms with Crippen molar-refractivity contribution in [3.8, 4) is 0 Å². The molecule has 0 spiro atoms. The summed E-state index contributed by atoms with van der Waals surface area (Å²) in [5.41, 5.74) is 6.25. The molecule has 4 nitrogen and oxygen atoms in total. The normalized spacial score (nSPS) is 22.1. The molecule has 2 N–H and O–H groups in total. The lowest BCUT2D eigenvalue weighted by molar-refractivity contribution is -0.135. The van der Waals surface area contributed by atoms with E-state index in [-0.39, 0.29) is 42.1 Å². The summed E-state index contributed by atoms with van der Waals surface area (Å²) in [6, 6.07) is 4.30. The molecule has 2 atom stereocenters. The van der Waals surface area contributed by atoms with E-state index in [1.165, 1.54) is 11.0 Å². The zero-order chi connectivity index (χ0) is 17.2. The molecule has 1 amide bonds. The van der Waals surface area contributed by atoms with Gasteiger partial charge in [0.25, 0.3) is 0 Å². The lowest BCUT2D eigenvalue weighted by atomic mass is 9.90. The van der Waals surface area contributed by atoms with Gasteiger partial charge in [-0.3, -0.25) is 9.69 Å². The summed E-state index contributed by atoms with van der Waals surface area (Å²) in [4.78, 5) is 16.3. The van der Waals surface area contributed by atoms with E-state index in [1.807, 2.05) is 6.92 Å². The topological polar surface area (TPSA) is 49.6 Å². The molecule has 2 unspecified atom stereocenters. The molecule has 0 saturated carbocycles. The molecule has 0 aliphatic carbocycles. The molecule has 1 aromatic carbocycles. The predicted octanol–water partition coefficient (Wildman–Crippen LogP) is 2.92. The standard InChI is InChI=1S/C17H25ClFN3O.ClH/c1-12(22-8-7-17(2,10-20)11-22)16(23)21(3)9-13-14(18)5-4-6-15(13)19;/h4-6,12H,7-11,20H2,1-3H3;1H. The molecule has 1 heterocycles. The molecule has 136 valence electrons. The van der Waals surface area contributed by atoms with Gasteiger partial charge in [-0.1, -0.05) is 24.6 Å². The van der Waals surface area contributed by atoms with Crippen LogP contribution in [-0.4, -0.2) is 48.4 Å². The number of hydrogen-bond donors (Lipinski definition) is 1. The maximum Gasteiger partial charge on any atom is 0.239 e. The van der Waals surface area contributed by atoms with Crippen molar-refractivity contribution < 1.29 is 9.18 Å². The van der Waals surface area contributed by atoms with Crippen molar-refractivity contribution in [2.24, 2.45) is 11.1 Å². The molecular weight excluding hydrogens is 352 g/mol. The van der Waals surface area contributed by atoms with E-state index in [2.05, 4.69) is 11.8 Å². The summed E-state index contributed by atoms with van der Waals surface area (Å²) in [6.07, 6.45) is 0.990. The van der Waals surface area contributed by atoms with Gasteiger partial charge in [0.1, 0.15) is 5.82 Å². The van der Waals surface area contributed by atoms with E-state index in [9.17, 15) is 9.18 Å². The molecule has 1 aliphatic heterocycles. The van der Waals surface area contributed by atoms with Gasteiger partial charge in [-0.15, -0.1) is 12.4 Å². The fraction of sp³-hybridized carbons (Fsp3) is 0.588. The molecule has 0 radical (unpaired) electrons. The minimum atomic E-state index is -0.387. The number of likely N-dealkylation sites (tertiary alicyclic amines) is 1. The van der Waals surface area contributed by atoms with Crippen LogP contribution in [0, 0.1) is 11.2 Å². The second-order valence-corrected chi connectivity index (χ2v) is 7.21. The summed E-state index contributed by atoms with van der Waals surface area (Å²) >= 11 is 6.04. The third-order valence-corrected chi connectivity index (χ3v) is 5.17. The van der Waals surface area contributed by atoms with Crippen molar-refractivity contribution in [1.82, 2.24) is 9.80 Å². The first-order chi connectivity index (χ1) is 10.8. The summed E-state index contributed by atoms with van der Waals surface area (Å²) in [7, 11) is 1.68. The number of benzene rings is 1. The second kappa shape index (κ2) is 8.48. The van der Waals surface area contributed by atoms with Crippen LogP contribution in [0.1, 0.15) is 25.8 Å². The van der Waals surface area contributed by atoms with Crippen LogP contribution in [0.5, 0.6) is 0 Å². The van der Waals surface area contributed by atoms with Crippen molar-refractivity contribution in [3.05, 3.63) is 34.6 Å². The first-order valence-corrected chi connectivity index (χ1v) is 8.27. The van der Waals surface area contributed by atoms with E-state index in [0.717, 1.165) is 19.5 Å². The Hall–Kier alpha value is -0.880. The lowest BCUT2D eigenvalue weighted by Crippen LogP contribution is -2.45. The van der Waals surface area contributed by atoms with E-state index >= 15 is 0 Å². The lowest BCUT2D eigenvalue weighted by Gasteiger charge is -2.30. The predicted molar refractivity (Wildman–Crippen MR) is 97.9 cm³/mol. The number of nitrogens with two attached hydrogens (primary N) is 1. The second-order valence-electron chi connectivity index (χ2n) is 6.81. The number of carbonyl (C=O) groups is 1.